The molecule has 1 amide bonds. The molecule has 1 aromatic heterocycles. The first-order valence-electron chi connectivity index (χ1n) is 7.33. The third-order valence-corrected chi connectivity index (χ3v) is 3.13. The van der Waals surface area contributed by atoms with E-state index in [0.29, 0.717) is 17.4 Å². The van der Waals surface area contributed by atoms with Crippen LogP contribution in [0.5, 0.6) is 0 Å². The van der Waals surface area contributed by atoms with Crippen LogP contribution < -0.4 is 5.32 Å². The van der Waals surface area contributed by atoms with Crippen molar-refractivity contribution >= 4 is 23.6 Å². The van der Waals surface area contributed by atoms with Gasteiger partial charge in [0.25, 0.3) is 5.91 Å². The average molecular weight is 313 g/mol. The zero-order valence-corrected chi connectivity index (χ0v) is 13.1. The lowest BCUT2D eigenvalue weighted by atomic mass is 10.0. The van der Waals surface area contributed by atoms with Crippen molar-refractivity contribution < 1.29 is 18.7 Å². The van der Waals surface area contributed by atoms with Crippen LogP contribution in [-0.2, 0) is 14.3 Å². The number of rotatable bonds is 6. The minimum Gasteiger partial charge on any atom is -0.465 e. The summed E-state index contributed by atoms with van der Waals surface area (Å²) in [5.41, 5.74) is 1.86. The Balaban J connectivity index is 1.77. The molecule has 0 spiro atoms. The van der Waals surface area contributed by atoms with Crippen LogP contribution in [0.3, 0.4) is 0 Å². The summed E-state index contributed by atoms with van der Waals surface area (Å²) in [5, 5.41) is 2.67. The molecule has 0 saturated carbocycles. The highest BCUT2D eigenvalue weighted by Crippen LogP contribution is 2.17. The first-order valence-corrected chi connectivity index (χ1v) is 7.33. The molecule has 23 heavy (non-hydrogen) atoms. The number of nitrogens with one attached hydrogen (secondary N) is 1. The highest BCUT2D eigenvalue weighted by Gasteiger charge is 2.06. The van der Waals surface area contributed by atoms with Gasteiger partial charge in [-0.1, -0.05) is 26.0 Å². The van der Waals surface area contributed by atoms with Gasteiger partial charge in [-0.2, -0.15) is 0 Å². The number of carbonyl (C=O) groups is 2. The van der Waals surface area contributed by atoms with E-state index >= 15 is 0 Å². The Labute approximate surface area is 134 Å². The van der Waals surface area contributed by atoms with Gasteiger partial charge in [-0.3, -0.25) is 4.79 Å². The fraction of sp³-hybridized carbons (Fsp3) is 0.222. The van der Waals surface area contributed by atoms with Gasteiger partial charge in [0.05, 0.1) is 6.26 Å². The molecule has 5 heteroatoms. The molecule has 0 aliphatic rings. The van der Waals surface area contributed by atoms with Crippen LogP contribution >= 0.6 is 0 Å². The largest absolute Gasteiger partial charge is 0.465 e. The molecule has 0 radical (unpaired) electrons. The minimum absolute atomic E-state index is 0.340. The molecule has 0 aliphatic carbocycles. The van der Waals surface area contributed by atoms with Gasteiger partial charge in [0.1, 0.15) is 5.76 Å². The monoisotopic (exact) mass is 313 g/mol. The third-order valence-electron chi connectivity index (χ3n) is 3.13. The number of carbonyl (C=O) groups excluding carboxylic acids is 2. The fourth-order valence-corrected chi connectivity index (χ4v) is 1.87. The zero-order valence-electron chi connectivity index (χ0n) is 13.1. The lowest BCUT2D eigenvalue weighted by molar-refractivity contribution is -0.142. The van der Waals surface area contributed by atoms with Crippen LogP contribution in [0.25, 0.3) is 6.08 Å². The molecule has 0 aliphatic heterocycles. The minimum atomic E-state index is -0.605. The molecule has 0 unspecified atom stereocenters. The zero-order chi connectivity index (χ0) is 16.7. The number of ether oxygens (including phenoxy) is 1. The van der Waals surface area contributed by atoms with Crippen molar-refractivity contribution in [3.8, 4) is 0 Å². The van der Waals surface area contributed by atoms with Crippen LogP contribution in [0.2, 0.25) is 0 Å². The molecule has 2 rings (SSSR count). The quantitative estimate of drug-likeness (QED) is 0.653. The molecular formula is C18H19NO4. The Bertz CT molecular complexity index is 670. The third kappa shape index (κ3) is 5.47. The van der Waals surface area contributed by atoms with Gasteiger partial charge < -0.3 is 14.5 Å². The number of hydrogen-bond donors (Lipinski definition) is 1. The SMILES string of the molecule is CC(C)c1ccc(NC(=O)COC(=O)/C=C/c2ccco2)cc1. The Morgan fingerprint density at radius 1 is 1.22 bits per heavy atom. The summed E-state index contributed by atoms with van der Waals surface area (Å²) in [7, 11) is 0. The summed E-state index contributed by atoms with van der Waals surface area (Å²) in [6, 6.07) is 11.0. The van der Waals surface area contributed by atoms with E-state index in [9.17, 15) is 9.59 Å². The van der Waals surface area contributed by atoms with Gasteiger partial charge in [-0.15, -0.1) is 0 Å². The maximum atomic E-state index is 11.7. The molecule has 1 heterocycles. The number of amides is 1. The lowest BCUT2D eigenvalue weighted by Crippen LogP contribution is -2.20. The van der Waals surface area contributed by atoms with E-state index in [0.717, 1.165) is 0 Å². The van der Waals surface area contributed by atoms with Crippen LogP contribution in [0, 0.1) is 0 Å². The van der Waals surface area contributed by atoms with Gasteiger partial charge in [0, 0.05) is 11.8 Å². The summed E-state index contributed by atoms with van der Waals surface area (Å²) in [5.74, 6) is -0.0212. The normalized spacial score (nSPS) is 10.9. The Hall–Kier alpha value is -2.82. The van der Waals surface area contributed by atoms with E-state index < -0.39 is 5.97 Å². The highest BCUT2D eigenvalue weighted by molar-refractivity contribution is 5.94. The number of benzene rings is 1. The molecule has 0 atom stereocenters. The number of hydrogen-bond acceptors (Lipinski definition) is 4. The maximum Gasteiger partial charge on any atom is 0.331 e. The lowest BCUT2D eigenvalue weighted by Gasteiger charge is -2.08. The molecule has 0 bridgehead atoms. The van der Waals surface area contributed by atoms with Crippen LogP contribution in [-0.4, -0.2) is 18.5 Å². The highest BCUT2D eigenvalue weighted by atomic mass is 16.5. The smallest absolute Gasteiger partial charge is 0.331 e. The summed E-state index contributed by atoms with van der Waals surface area (Å²) in [4.78, 5) is 23.2. The van der Waals surface area contributed by atoms with E-state index in [2.05, 4.69) is 19.2 Å². The molecule has 0 saturated heterocycles. The van der Waals surface area contributed by atoms with Gasteiger partial charge in [0.2, 0.25) is 0 Å². The van der Waals surface area contributed by atoms with Crippen molar-refractivity contribution in [2.45, 2.75) is 19.8 Å². The molecule has 5 nitrogen and oxygen atoms in total. The Morgan fingerprint density at radius 3 is 2.57 bits per heavy atom. The van der Waals surface area contributed by atoms with Crippen molar-refractivity contribution in [3.63, 3.8) is 0 Å². The van der Waals surface area contributed by atoms with E-state index in [1.54, 1.807) is 12.1 Å². The number of furan rings is 1. The average Bonchev–Trinajstić information content (AvgIpc) is 3.05. The van der Waals surface area contributed by atoms with Crippen LogP contribution in [0.4, 0.5) is 5.69 Å². The summed E-state index contributed by atoms with van der Waals surface area (Å²) in [6.45, 7) is 3.86. The van der Waals surface area contributed by atoms with E-state index in [1.807, 2.05) is 24.3 Å². The summed E-state index contributed by atoms with van der Waals surface area (Å²) in [6.07, 6.45) is 4.19. The second-order valence-corrected chi connectivity index (χ2v) is 5.28. The second kappa shape index (κ2) is 7.98. The molecule has 0 fully saturated rings. The number of anilines is 1. The van der Waals surface area contributed by atoms with Gasteiger partial charge in [-0.05, 0) is 41.8 Å². The van der Waals surface area contributed by atoms with E-state index in [4.69, 9.17) is 9.15 Å². The Morgan fingerprint density at radius 2 is 1.96 bits per heavy atom. The predicted octanol–water partition coefficient (Wildman–Crippen LogP) is 3.60. The van der Waals surface area contributed by atoms with Gasteiger partial charge in [0.15, 0.2) is 6.61 Å². The van der Waals surface area contributed by atoms with E-state index in [-0.39, 0.29) is 12.5 Å². The van der Waals surface area contributed by atoms with Crippen LogP contribution in [0.1, 0.15) is 31.1 Å². The van der Waals surface area contributed by atoms with Crippen molar-refractivity contribution in [1.29, 1.82) is 0 Å². The topological polar surface area (TPSA) is 68.5 Å². The fourth-order valence-electron chi connectivity index (χ4n) is 1.87. The van der Waals surface area contributed by atoms with Gasteiger partial charge in [-0.25, -0.2) is 4.79 Å². The first-order chi connectivity index (χ1) is 11.0. The van der Waals surface area contributed by atoms with Crippen molar-refractivity contribution in [2.24, 2.45) is 0 Å². The second-order valence-electron chi connectivity index (χ2n) is 5.28. The molecule has 2 aromatic rings. The first kappa shape index (κ1) is 16.5. The van der Waals surface area contributed by atoms with E-state index in [1.165, 1.54) is 24.0 Å². The van der Waals surface area contributed by atoms with Crippen molar-refractivity contribution in [1.82, 2.24) is 0 Å². The maximum absolute atomic E-state index is 11.7. The molecule has 120 valence electrons. The van der Waals surface area contributed by atoms with Crippen molar-refractivity contribution in [2.75, 3.05) is 11.9 Å². The summed E-state index contributed by atoms with van der Waals surface area (Å²) >= 11 is 0. The Kier molecular flexibility index (Phi) is 5.74. The molecular weight excluding hydrogens is 294 g/mol. The van der Waals surface area contributed by atoms with Crippen LogP contribution in [0.15, 0.2) is 53.2 Å². The van der Waals surface area contributed by atoms with Crippen molar-refractivity contribution in [3.05, 3.63) is 60.1 Å². The number of esters is 1. The molecule has 1 N–H and O–H groups in total. The van der Waals surface area contributed by atoms with Gasteiger partial charge >= 0.3 is 5.97 Å². The summed E-state index contributed by atoms with van der Waals surface area (Å²) < 4.78 is 9.90. The predicted molar refractivity (Wildman–Crippen MR) is 87.9 cm³/mol. The molecule has 1 aromatic carbocycles. The standard InChI is InChI=1S/C18H19NO4/c1-13(2)14-5-7-15(8-6-14)19-17(20)12-23-18(21)10-9-16-4-3-11-22-16/h3-11,13H,12H2,1-2H3,(H,19,20)/b10-9+.